The molecule has 0 aromatic heterocycles. The Hall–Kier alpha value is -1.93. The van der Waals surface area contributed by atoms with Crippen molar-refractivity contribution in [2.75, 3.05) is 18.5 Å². The predicted octanol–water partition coefficient (Wildman–Crippen LogP) is 1.78. The molecule has 0 bridgehead atoms. The molecule has 1 atom stereocenters. The maximum atomic E-state index is 13.1. The van der Waals surface area contributed by atoms with Crippen LogP contribution in [-0.4, -0.2) is 27.9 Å². The van der Waals surface area contributed by atoms with Gasteiger partial charge in [-0.15, -0.1) is 12.4 Å². The zero-order valence-corrected chi connectivity index (χ0v) is 16.2. The average molecular weight is 396 g/mol. The molecule has 3 N–H and O–H groups in total. The number of rotatable bonds is 4. The zero-order chi connectivity index (χ0) is 18.2. The smallest absolute Gasteiger partial charge is 0.251 e. The molecule has 3 rings (SSSR count). The Bertz CT molecular complexity index is 915. The fraction of sp³-hybridized carbons (Fsp3) is 0.278. The van der Waals surface area contributed by atoms with E-state index in [0.29, 0.717) is 24.2 Å². The van der Waals surface area contributed by atoms with Crippen LogP contribution in [0.25, 0.3) is 0 Å². The molecular weight excluding hydrogens is 374 g/mol. The Morgan fingerprint density at radius 2 is 1.85 bits per heavy atom. The number of hydrogen-bond acceptors (Lipinski definition) is 4. The molecule has 1 aliphatic rings. The average Bonchev–Trinajstić information content (AvgIpc) is 3.04. The van der Waals surface area contributed by atoms with Gasteiger partial charge in [-0.25, -0.2) is 13.1 Å². The van der Waals surface area contributed by atoms with E-state index in [1.807, 2.05) is 30.3 Å². The monoisotopic (exact) mass is 395 g/mol. The van der Waals surface area contributed by atoms with Crippen LogP contribution in [0.1, 0.15) is 18.1 Å². The number of halogens is 1. The Morgan fingerprint density at radius 3 is 2.46 bits per heavy atom. The third-order valence-corrected chi connectivity index (χ3v) is 6.01. The van der Waals surface area contributed by atoms with Crippen molar-refractivity contribution >= 4 is 34.0 Å². The fourth-order valence-electron chi connectivity index (χ4n) is 3.04. The summed E-state index contributed by atoms with van der Waals surface area (Å²) in [5.41, 5.74) is 7.41. The molecule has 140 valence electrons. The van der Waals surface area contributed by atoms with Crippen LogP contribution in [0.2, 0.25) is 0 Å². The quantitative estimate of drug-likeness (QED) is 0.825. The Kier molecular flexibility index (Phi) is 5.77. The van der Waals surface area contributed by atoms with Gasteiger partial charge in [-0.1, -0.05) is 36.4 Å². The largest absolute Gasteiger partial charge is 0.314 e. The Morgan fingerprint density at radius 1 is 1.19 bits per heavy atom. The molecule has 26 heavy (non-hydrogen) atoms. The topological polar surface area (TPSA) is 92.5 Å². The van der Waals surface area contributed by atoms with Crippen LogP contribution in [0.3, 0.4) is 0 Å². The van der Waals surface area contributed by atoms with Crippen LogP contribution in [0.4, 0.5) is 5.69 Å². The van der Waals surface area contributed by atoms with Crippen molar-refractivity contribution in [3.8, 4) is 0 Å². The molecular formula is C18H22ClN3O3S. The van der Waals surface area contributed by atoms with E-state index in [1.54, 1.807) is 24.0 Å². The van der Waals surface area contributed by atoms with E-state index in [4.69, 9.17) is 5.73 Å². The number of fused-ring (bicyclic) bond motifs is 1. The van der Waals surface area contributed by atoms with Crippen molar-refractivity contribution < 1.29 is 13.2 Å². The van der Waals surface area contributed by atoms with E-state index in [-0.39, 0.29) is 23.2 Å². The summed E-state index contributed by atoms with van der Waals surface area (Å²) in [6.45, 7) is 2.16. The second kappa shape index (κ2) is 7.36. The summed E-state index contributed by atoms with van der Waals surface area (Å²) in [6, 6.07) is 14.0. The first-order valence-corrected chi connectivity index (χ1v) is 9.48. The van der Waals surface area contributed by atoms with E-state index in [2.05, 4.69) is 4.72 Å². The van der Waals surface area contributed by atoms with Gasteiger partial charge < -0.3 is 10.6 Å². The SMILES string of the molecule is CNS(=O)(=O)c1ccc2c(c1)N(C(=O)C(C)(N)c1ccccc1)CC2.Cl. The van der Waals surface area contributed by atoms with E-state index < -0.39 is 15.6 Å². The first-order chi connectivity index (χ1) is 11.8. The van der Waals surface area contributed by atoms with Crippen LogP contribution in [0.15, 0.2) is 53.4 Å². The number of carbonyl (C=O) groups excluding carboxylic acids is 1. The van der Waals surface area contributed by atoms with Gasteiger partial charge in [0.05, 0.1) is 4.90 Å². The summed E-state index contributed by atoms with van der Waals surface area (Å²) < 4.78 is 26.4. The van der Waals surface area contributed by atoms with Gasteiger partial charge in [-0.3, -0.25) is 4.79 Å². The molecule has 1 heterocycles. The lowest BCUT2D eigenvalue weighted by Gasteiger charge is -2.30. The van der Waals surface area contributed by atoms with E-state index >= 15 is 0 Å². The van der Waals surface area contributed by atoms with E-state index in [1.165, 1.54) is 13.1 Å². The molecule has 8 heteroatoms. The molecule has 2 aromatic carbocycles. The molecule has 0 fully saturated rings. The lowest BCUT2D eigenvalue weighted by Crippen LogP contribution is -2.50. The first-order valence-electron chi connectivity index (χ1n) is 8.00. The third kappa shape index (κ3) is 3.48. The number of nitrogens with two attached hydrogens (primary N) is 1. The minimum absolute atomic E-state index is 0. The van der Waals surface area contributed by atoms with Crippen molar-refractivity contribution in [2.45, 2.75) is 23.8 Å². The van der Waals surface area contributed by atoms with Gasteiger partial charge in [-0.2, -0.15) is 0 Å². The number of nitrogens with zero attached hydrogens (tertiary/aromatic N) is 1. The van der Waals surface area contributed by atoms with Crippen molar-refractivity contribution in [2.24, 2.45) is 5.73 Å². The molecule has 0 saturated carbocycles. The number of anilines is 1. The minimum atomic E-state index is -3.58. The lowest BCUT2D eigenvalue weighted by atomic mass is 9.91. The number of carbonyl (C=O) groups is 1. The molecule has 6 nitrogen and oxygen atoms in total. The highest BCUT2D eigenvalue weighted by Crippen LogP contribution is 2.33. The predicted molar refractivity (Wildman–Crippen MR) is 104 cm³/mol. The second-order valence-corrected chi connectivity index (χ2v) is 8.16. The fourth-order valence-corrected chi connectivity index (χ4v) is 3.79. The zero-order valence-electron chi connectivity index (χ0n) is 14.6. The van der Waals surface area contributed by atoms with Crippen molar-refractivity contribution in [1.29, 1.82) is 0 Å². The van der Waals surface area contributed by atoms with Gasteiger partial charge in [-0.05, 0) is 43.7 Å². The van der Waals surface area contributed by atoms with Crippen LogP contribution < -0.4 is 15.4 Å². The van der Waals surface area contributed by atoms with Crippen LogP contribution in [-0.2, 0) is 26.8 Å². The van der Waals surface area contributed by atoms with Crippen molar-refractivity contribution in [3.63, 3.8) is 0 Å². The molecule has 1 amide bonds. The highest BCUT2D eigenvalue weighted by Gasteiger charge is 2.38. The summed E-state index contributed by atoms with van der Waals surface area (Å²) in [5, 5.41) is 0. The highest BCUT2D eigenvalue weighted by atomic mass is 35.5. The summed E-state index contributed by atoms with van der Waals surface area (Å²) in [7, 11) is -2.22. The van der Waals surface area contributed by atoms with Gasteiger partial charge in [0.1, 0.15) is 5.54 Å². The lowest BCUT2D eigenvalue weighted by molar-refractivity contribution is -0.123. The minimum Gasteiger partial charge on any atom is -0.314 e. The third-order valence-electron chi connectivity index (χ3n) is 4.59. The summed E-state index contributed by atoms with van der Waals surface area (Å²) in [4.78, 5) is 14.8. The number of amides is 1. The second-order valence-electron chi connectivity index (χ2n) is 6.27. The Labute approximate surface area is 159 Å². The standard InChI is InChI=1S/C18H21N3O3S.ClH/c1-18(19,14-6-4-3-5-7-14)17(22)21-11-10-13-8-9-15(12-16(13)21)25(23,24)20-2;/h3-9,12,20H,10-11,19H2,1-2H3;1H. The highest BCUT2D eigenvalue weighted by molar-refractivity contribution is 7.89. The van der Waals surface area contributed by atoms with Crippen LogP contribution in [0.5, 0.6) is 0 Å². The summed E-state index contributed by atoms with van der Waals surface area (Å²) in [6.07, 6.45) is 0.672. The molecule has 1 aliphatic heterocycles. The van der Waals surface area contributed by atoms with Crippen LogP contribution >= 0.6 is 12.4 Å². The van der Waals surface area contributed by atoms with Crippen LogP contribution in [0, 0.1) is 0 Å². The molecule has 2 aromatic rings. The number of sulfonamides is 1. The van der Waals surface area contributed by atoms with Gasteiger partial charge in [0.15, 0.2) is 0 Å². The summed E-state index contributed by atoms with van der Waals surface area (Å²) >= 11 is 0. The molecule has 0 saturated heterocycles. The molecule has 0 radical (unpaired) electrons. The maximum Gasteiger partial charge on any atom is 0.251 e. The van der Waals surface area contributed by atoms with Gasteiger partial charge in [0.2, 0.25) is 10.0 Å². The maximum absolute atomic E-state index is 13.1. The number of hydrogen-bond donors (Lipinski definition) is 2. The van der Waals surface area contributed by atoms with Gasteiger partial charge >= 0.3 is 0 Å². The van der Waals surface area contributed by atoms with Gasteiger partial charge in [0.25, 0.3) is 5.91 Å². The van der Waals surface area contributed by atoms with Crippen molar-refractivity contribution in [1.82, 2.24) is 4.72 Å². The Balaban J connectivity index is 0.00000243. The molecule has 0 aliphatic carbocycles. The van der Waals surface area contributed by atoms with E-state index in [9.17, 15) is 13.2 Å². The van der Waals surface area contributed by atoms with E-state index in [0.717, 1.165) is 5.56 Å². The molecule has 0 spiro atoms. The summed E-state index contributed by atoms with van der Waals surface area (Å²) in [5.74, 6) is -0.253. The number of benzene rings is 2. The molecule has 1 unspecified atom stereocenters. The normalized spacial score (nSPS) is 15.7. The number of nitrogens with one attached hydrogen (secondary N) is 1. The first kappa shape index (κ1) is 20.4. The van der Waals surface area contributed by atoms with Gasteiger partial charge in [0, 0.05) is 12.2 Å². The van der Waals surface area contributed by atoms with Crippen molar-refractivity contribution in [3.05, 3.63) is 59.7 Å².